The third-order valence-corrected chi connectivity index (χ3v) is 4.33. The van der Waals surface area contributed by atoms with E-state index in [0.29, 0.717) is 6.54 Å². The quantitative estimate of drug-likeness (QED) is 0.665. The molecule has 4 nitrogen and oxygen atoms in total. The number of anilines is 1. The number of halogens is 1. The van der Waals surface area contributed by atoms with Crippen LogP contribution in [0.2, 0.25) is 0 Å². The molecule has 106 valence electrons. The van der Waals surface area contributed by atoms with Crippen molar-refractivity contribution in [1.82, 2.24) is 5.32 Å². The maximum atomic E-state index is 11.6. The van der Waals surface area contributed by atoms with Crippen molar-refractivity contribution in [2.75, 3.05) is 30.0 Å². The summed E-state index contributed by atoms with van der Waals surface area (Å²) in [7, 11) is 0. The molecule has 0 aliphatic heterocycles. The van der Waals surface area contributed by atoms with Crippen LogP contribution in [-0.4, -0.2) is 35.8 Å². The lowest BCUT2D eigenvalue weighted by atomic mass is 10.2. The van der Waals surface area contributed by atoms with Gasteiger partial charge in [-0.2, -0.15) is 11.8 Å². The average Bonchev–Trinajstić information content (AvgIpc) is 2.38. The number of urea groups is 1. The second-order valence-electron chi connectivity index (χ2n) is 4.03. The van der Waals surface area contributed by atoms with E-state index in [0.717, 1.165) is 33.7 Å². The average molecular weight is 347 g/mol. The molecule has 3 N–H and O–H groups in total. The number of aryl methyl sites for hydroxylation is 1. The van der Waals surface area contributed by atoms with Crippen LogP contribution in [0.15, 0.2) is 22.7 Å². The normalized spacial score (nSPS) is 10.3. The Morgan fingerprint density at radius 1 is 1.42 bits per heavy atom. The van der Waals surface area contributed by atoms with Crippen molar-refractivity contribution in [3.8, 4) is 0 Å². The van der Waals surface area contributed by atoms with Crippen molar-refractivity contribution in [3.63, 3.8) is 0 Å². The first kappa shape index (κ1) is 16.3. The van der Waals surface area contributed by atoms with Gasteiger partial charge in [0, 0.05) is 29.1 Å². The Hall–Kier alpha value is -0.720. The summed E-state index contributed by atoms with van der Waals surface area (Å²) in [4.78, 5) is 11.6. The molecule has 0 fully saturated rings. The summed E-state index contributed by atoms with van der Waals surface area (Å²) in [6.07, 6.45) is 0.800. The predicted octanol–water partition coefficient (Wildman–Crippen LogP) is 2.99. The SMILES string of the molecule is Cc1ccc(NC(=O)NCCSCCCO)cc1Br. The van der Waals surface area contributed by atoms with Crippen LogP contribution in [0.4, 0.5) is 10.5 Å². The van der Waals surface area contributed by atoms with Gasteiger partial charge in [0.2, 0.25) is 0 Å². The Morgan fingerprint density at radius 2 is 2.21 bits per heavy atom. The first-order chi connectivity index (χ1) is 9.13. The number of hydrogen-bond acceptors (Lipinski definition) is 3. The summed E-state index contributed by atoms with van der Waals surface area (Å²) in [5.74, 6) is 1.77. The van der Waals surface area contributed by atoms with E-state index in [-0.39, 0.29) is 12.6 Å². The molecule has 1 rings (SSSR count). The molecule has 0 unspecified atom stereocenters. The molecule has 0 atom stereocenters. The molecule has 0 radical (unpaired) electrons. The smallest absolute Gasteiger partial charge is 0.319 e. The molecule has 0 spiro atoms. The summed E-state index contributed by atoms with van der Waals surface area (Å²) < 4.78 is 0.977. The Bertz CT molecular complexity index is 416. The Balaban J connectivity index is 2.21. The molecule has 2 amide bonds. The summed E-state index contributed by atoms with van der Waals surface area (Å²) in [6, 6.07) is 5.50. The summed E-state index contributed by atoms with van der Waals surface area (Å²) in [5.41, 5.74) is 1.90. The van der Waals surface area contributed by atoms with Gasteiger partial charge in [0.25, 0.3) is 0 Å². The van der Waals surface area contributed by atoms with E-state index < -0.39 is 0 Å². The number of aliphatic hydroxyl groups excluding tert-OH is 1. The highest BCUT2D eigenvalue weighted by Gasteiger charge is 2.02. The van der Waals surface area contributed by atoms with Crippen molar-refractivity contribution in [2.45, 2.75) is 13.3 Å². The van der Waals surface area contributed by atoms with Gasteiger partial charge in [-0.3, -0.25) is 0 Å². The molecule has 0 bridgehead atoms. The van der Waals surface area contributed by atoms with E-state index in [2.05, 4.69) is 26.6 Å². The van der Waals surface area contributed by atoms with Gasteiger partial charge in [0.1, 0.15) is 0 Å². The highest BCUT2D eigenvalue weighted by atomic mass is 79.9. The fourth-order valence-electron chi connectivity index (χ4n) is 1.35. The molecule has 19 heavy (non-hydrogen) atoms. The van der Waals surface area contributed by atoms with Gasteiger partial charge in [0.15, 0.2) is 0 Å². The molecular weight excluding hydrogens is 328 g/mol. The molecular formula is C13H19BrN2O2S. The molecule has 0 aliphatic carbocycles. The first-order valence-electron chi connectivity index (χ1n) is 6.13. The number of thioether (sulfide) groups is 1. The van der Waals surface area contributed by atoms with Crippen molar-refractivity contribution in [1.29, 1.82) is 0 Å². The van der Waals surface area contributed by atoms with Gasteiger partial charge in [-0.25, -0.2) is 4.79 Å². The molecule has 0 aromatic heterocycles. The van der Waals surface area contributed by atoms with Crippen molar-refractivity contribution in [2.24, 2.45) is 0 Å². The summed E-state index contributed by atoms with van der Waals surface area (Å²) in [6.45, 7) is 2.84. The van der Waals surface area contributed by atoms with E-state index in [9.17, 15) is 4.79 Å². The number of rotatable bonds is 7. The van der Waals surface area contributed by atoms with E-state index in [1.807, 2.05) is 25.1 Å². The van der Waals surface area contributed by atoms with Crippen LogP contribution < -0.4 is 10.6 Å². The van der Waals surface area contributed by atoms with Crippen molar-refractivity contribution >= 4 is 39.4 Å². The predicted molar refractivity (Wildman–Crippen MR) is 84.9 cm³/mol. The number of aliphatic hydroxyl groups is 1. The maximum absolute atomic E-state index is 11.6. The van der Waals surface area contributed by atoms with Crippen LogP contribution in [0, 0.1) is 6.92 Å². The minimum Gasteiger partial charge on any atom is -0.396 e. The monoisotopic (exact) mass is 346 g/mol. The fraction of sp³-hybridized carbons (Fsp3) is 0.462. The summed E-state index contributed by atoms with van der Waals surface area (Å²) >= 11 is 5.15. The maximum Gasteiger partial charge on any atom is 0.319 e. The Labute approximate surface area is 126 Å². The third-order valence-electron chi connectivity index (χ3n) is 2.41. The molecule has 0 saturated heterocycles. The van der Waals surface area contributed by atoms with Crippen LogP contribution in [0.3, 0.4) is 0 Å². The van der Waals surface area contributed by atoms with Gasteiger partial charge in [-0.05, 0) is 36.8 Å². The van der Waals surface area contributed by atoms with Crippen LogP contribution in [0.1, 0.15) is 12.0 Å². The second-order valence-corrected chi connectivity index (χ2v) is 6.11. The minimum atomic E-state index is -0.196. The fourth-order valence-corrected chi connectivity index (χ4v) is 2.51. The van der Waals surface area contributed by atoms with Crippen LogP contribution >= 0.6 is 27.7 Å². The van der Waals surface area contributed by atoms with Gasteiger partial charge < -0.3 is 15.7 Å². The second kappa shape index (κ2) is 9.23. The molecule has 0 aliphatic rings. The highest BCUT2D eigenvalue weighted by molar-refractivity contribution is 9.10. The molecule has 1 aromatic rings. The van der Waals surface area contributed by atoms with E-state index in [1.54, 1.807) is 11.8 Å². The molecule has 6 heteroatoms. The minimum absolute atomic E-state index is 0.196. The van der Waals surface area contributed by atoms with Crippen LogP contribution in [0.5, 0.6) is 0 Å². The number of carbonyl (C=O) groups is 1. The third kappa shape index (κ3) is 6.84. The number of amides is 2. The van der Waals surface area contributed by atoms with E-state index in [1.165, 1.54) is 0 Å². The van der Waals surface area contributed by atoms with Gasteiger partial charge in [0.05, 0.1) is 0 Å². The zero-order valence-corrected chi connectivity index (χ0v) is 13.3. The topological polar surface area (TPSA) is 61.4 Å². The number of benzene rings is 1. The van der Waals surface area contributed by atoms with E-state index in [4.69, 9.17) is 5.11 Å². The zero-order valence-electron chi connectivity index (χ0n) is 10.9. The molecule has 1 aromatic carbocycles. The van der Waals surface area contributed by atoms with Crippen LogP contribution in [0.25, 0.3) is 0 Å². The largest absolute Gasteiger partial charge is 0.396 e. The van der Waals surface area contributed by atoms with Gasteiger partial charge >= 0.3 is 6.03 Å². The lowest BCUT2D eigenvalue weighted by molar-refractivity contribution is 0.252. The Kier molecular flexibility index (Phi) is 7.93. The Morgan fingerprint density at radius 3 is 2.89 bits per heavy atom. The highest BCUT2D eigenvalue weighted by Crippen LogP contribution is 2.20. The lowest BCUT2D eigenvalue weighted by Gasteiger charge is -2.08. The van der Waals surface area contributed by atoms with Crippen molar-refractivity contribution < 1.29 is 9.90 Å². The van der Waals surface area contributed by atoms with Crippen LogP contribution in [-0.2, 0) is 0 Å². The number of carbonyl (C=O) groups excluding carboxylic acids is 1. The number of hydrogen-bond donors (Lipinski definition) is 3. The lowest BCUT2D eigenvalue weighted by Crippen LogP contribution is -2.30. The summed E-state index contributed by atoms with van der Waals surface area (Å²) in [5, 5.41) is 14.2. The molecule has 0 heterocycles. The van der Waals surface area contributed by atoms with E-state index >= 15 is 0 Å². The molecule has 0 saturated carbocycles. The number of nitrogens with one attached hydrogen (secondary N) is 2. The van der Waals surface area contributed by atoms with Gasteiger partial charge in [-0.1, -0.05) is 22.0 Å². The van der Waals surface area contributed by atoms with Gasteiger partial charge in [-0.15, -0.1) is 0 Å². The zero-order chi connectivity index (χ0) is 14.1. The first-order valence-corrected chi connectivity index (χ1v) is 8.08. The van der Waals surface area contributed by atoms with Crippen molar-refractivity contribution in [3.05, 3.63) is 28.2 Å². The standard InChI is InChI=1S/C13H19BrN2O2S/c1-10-3-4-11(9-12(10)14)16-13(18)15-5-8-19-7-2-6-17/h3-4,9,17H,2,5-8H2,1H3,(H2,15,16,18).